The van der Waals surface area contributed by atoms with Gasteiger partial charge < -0.3 is 10.3 Å². The highest BCUT2D eigenvalue weighted by atomic mass is 31.0. The van der Waals surface area contributed by atoms with Gasteiger partial charge in [0.25, 0.3) is 0 Å². The minimum atomic E-state index is 1.19. The second-order valence-electron chi connectivity index (χ2n) is 3.17. The molecular formula is C10H13N2P. The predicted octanol–water partition coefficient (Wildman–Crippen LogP) is 2.02. The lowest BCUT2D eigenvalue weighted by atomic mass is 10.1. The molecule has 1 aromatic heterocycles. The van der Waals surface area contributed by atoms with Crippen LogP contribution in [0.2, 0.25) is 0 Å². The van der Waals surface area contributed by atoms with Gasteiger partial charge >= 0.3 is 0 Å². The van der Waals surface area contributed by atoms with Gasteiger partial charge in [-0.15, -0.1) is 9.24 Å². The number of rotatable bonds is 1. The van der Waals surface area contributed by atoms with E-state index in [0.717, 1.165) is 0 Å². The zero-order chi connectivity index (χ0) is 9.42. The number of hydrogen-bond donors (Lipinski definition) is 2. The van der Waals surface area contributed by atoms with Crippen molar-refractivity contribution in [2.24, 2.45) is 0 Å². The topological polar surface area (TPSA) is 27.8 Å². The smallest absolute Gasteiger partial charge is 0.0698 e. The van der Waals surface area contributed by atoms with Gasteiger partial charge in [0, 0.05) is 18.6 Å². The fraction of sp³-hybridized carbons (Fsp3) is 0.200. The first-order valence-electron chi connectivity index (χ1n) is 4.28. The van der Waals surface area contributed by atoms with Crippen LogP contribution in [0.4, 0.5) is 5.69 Å². The van der Waals surface area contributed by atoms with E-state index in [4.69, 9.17) is 0 Å². The number of nitrogens with one attached hydrogen (secondary N) is 2. The van der Waals surface area contributed by atoms with Crippen molar-refractivity contribution in [3.63, 3.8) is 0 Å². The monoisotopic (exact) mass is 192 g/mol. The lowest BCUT2D eigenvalue weighted by Crippen LogP contribution is -1.93. The summed E-state index contributed by atoms with van der Waals surface area (Å²) in [6.07, 6.45) is 2.01. The van der Waals surface area contributed by atoms with Gasteiger partial charge in [-0.2, -0.15) is 0 Å². The minimum absolute atomic E-state index is 1.19. The molecule has 0 spiro atoms. The van der Waals surface area contributed by atoms with Gasteiger partial charge in [0.15, 0.2) is 0 Å². The molecule has 2 aromatic rings. The molecule has 0 aliphatic rings. The molecule has 0 aliphatic carbocycles. The number of fused-ring (bicyclic) bond motifs is 1. The van der Waals surface area contributed by atoms with E-state index >= 15 is 0 Å². The van der Waals surface area contributed by atoms with Crippen LogP contribution in [0.15, 0.2) is 18.3 Å². The Bertz CT molecular complexity index is 445. The maximum atomic E-state index is 3.26. The fourth-order valence-corrected chi connectivity index (χ4v) is 1.97. The van der Waals surface area contributed by atoms with Crippen molar-refractivity contribution in [2.45, 2.75) is 6.92 Å². The molecule has 0 bridgehead atoms. The first-order valence-corrected chi connectivity index (χ1v) is 4.85. The van der Waals surface area contributed by atoms with E-state index < -0.39 is 0 Å². The summed E-state index contributed by atoms with van der Waals surface area (Å²) in [5.74, 6) is 0. The molecule has 0 radical (unpaired) electrons. The van der Waals surface area contributed by atoms with Crippen molar-refractivity contribution in [2.75, 3.05) is 12.4 Å². The molecule has 0 fully saturated rings. The van der Waals surface area contributed by atoms with Crippen LogP contribution in [0.3, 0.4) is 0 Å². The van der Waals surface area contributed by atoms with Crippen molar-refractivity contribution in [3.05, 3.63) is 23.9 Å². The Morgan fingerprint density at radius 3 is 2.85 bits per heavy atom. The van der Waals surface area contributed by atoms with Crippen molar-refractivity contribution in [1.29, 1.82) is 0 Å². The largest absolute Gasteiger partial charge is 0.386 e. The summed E-state index contributed by atoms with van der Waals surface area (Å²) in [5.41, 5.74) is 3.64. The van der Waals surface area contributed by atoms with Gasteiger partial charge in [-0.1, -0.05) is 12.1 Å². The Hall–Kier alpha value is -1.01. The summed E-state index contributed by atoms with van der Waals surface area (Å²) in [5, 5.41) is 5.69. The molecule has 2 rings (SSSR count). The summed E-state index contributed by atoms with van der Waals surface area (Å²) in [6, 6.07) is 4.28. The van der Waals surface area contributed by atoms with Crippen LogP contribution in [-0.4, -0.2) is 12.0 Å². The Morgan fingerprint density at radius 2 is 2.15 bits per heavy atom. The molecule has 1 aromatic carbocycles. The van der Waals surface area contributed by atoms with Gasteiger partial charge in [-0.05, 0) is 17.8 Å². The third kappa shape index (κ3) is 1.22. The van der Waals surface area contributed by atoms with Gasteiger partial charge in [0.2, 0.25) is 0 Å². The molecule has 13 heavy (non-hydrogen) atoms. The quantitative estimate of drug-likeness (QED) is 0.665. The Balaban J connectivity index is 2.85. The molecule has 2 N–H and O–H groups in total. The summed E-state index contributed by atoms with van der Waals surface area (Å²) in [6.45, 7) is 2.11. The molecule has 1 heterocycles. The van der Waals surface area contributed by atoms with E-state index in [1.165, 1.54) is 27.5 Å². The van der Waals surface area contributed by atoms with E-state index in [0.29, 0.717) is 0 Å². The van der Waals surface area contributed by atoms with Crippen LogP contribution >= 0.6 is 9.24 Å². The molecule has 1 atom stereocenters. The highest BCUT2D eigenvalue weighted by Crippen LogP contribution is 2.25. The molecule has 0 amide bonds. The van der Waals surface area contributed by atoms with Gasteiger partial charge in [0.1, 0.15) is 0 Å². The lowest BCUT2D eigenvalue weighted by Gasteiger charge is -2.06. The van der Waals surface area contributed by atoms with Crippen molar-refractivity contribution < 1.29 is 0 Å². The average molecular weight is 192 g/mol. The van der Waals surface area contributed by atoms with Gasteiger partial charge in [0.05, 0.1) is 11.2 Å². The zero-order valence-electron chi connectivity index (χ0n) is 7.81. The van der Waals surface area contributed by atoms with Crippen LogP contribution in [-0.2, 0) is 0 Å². The second-order valence-corrected chi connectivity index (χ2v) is 3.80. The molecule has 68 valence electrons. The molecule has 0 saturated carbocycles. The highest BCUT2D eigenvalue weighted by Gasteiger charge is 2.05. The fourth-order valence-electron chi connectivity index (χ4n) is 1.65. The summed E-state index contributed by atoms with van der Waals surface area (Å²) >= 11 is 0. The van der Waals surface area contributed by atoms with Crippen molar-refractivity contribution in [1.82, 2.24) is 4.98 Å². The first-order chi connectivity index (χ1) is 6.24. The van der Waals surface area contributed by atoms with E-state index in [1.54, 1.807) is 0 Å². The lowest BCUT2D eigenvalue weighted by molar-refractivity contribution is 1.40. The number of aromatic amines is 1. The maximum Gasteiger partial charge on any atom is 0.0698 e. The number of anilines is 1. The number of aryl methyl sites for hydroxylation is 1. The summed E-state index contributed by atoms with van der Waals surface area (Å²) in [4.78, 5) is 3.26. The molecule has 3 heteroatoms. The highest BCUT2D eigenvalue weighted by molar-refractivity contribution is 7.28. The van der Waals surface area contributed by atoms with E-state index in [-0.39, 0.29) is 0 Å². The van der Waals surface area contributed by atoms with Crippen LogP contribution < -0.4 is 10.6 Å². The Labute approximate surface area is 79.9 Å². The summed E-state index contributed by atoms with van der Waals surface area (Å²) < 4.78 is 0. The van der Waals surface area contributed by atoms with Crippen LogP contribution in [0, 0.1) is 6.92 Å². The molecule has 2 nitrogen and oxygen atoms in total. The molecule has 0 aliphatic heterocycles. The normalized spacial score (nSPS) is 10.7. The second kappa shape index (κ2) is 3.04. The minimum Gasteiger partial charge on any atom is -0.386 e. The molecule has 1 unspecified atom stereocenters. The van der Waals surface area contributed by atoms with Crippen LogP contribution in [0.1, 0.15) is 5.56 Å². The van der Waals surface area contributed by atoms with E-state index in [9.17, 15) is 0 Å². The first kappa shape index (κ1) is 8.58. The molecule has 0 saturated heterocycles. The Morgan fingerprint density at radius 1 is 1.38 bits per heavy atom. The average Bonchev–Trinajstić information content (AvgIpc) is 2.48. The molecular weight excluding hydrogens is 179 g/mol. The van der Waals surface area contributed by atoms with Crippen molar-refractivity contribution >= 4 is 31.1 Å². The standard InChI is InChI=1S/C10H13N2P/c1-6-3-4-7-8(13)5-12-10(7)9(6)11-2/h3-5,11-12H,13H2,1-2H3. The van der Waals surface area contributed by atoms with Crippen molar-refractivity contribution in [3.8, 4) is 0 Å². The van der Waals surface area contributed by atoms with E-state index in [1.807, 2.05) is 13.2 Å². The summed E-state index contributed by atoms with van der Waals surface area (Å²) in [7, 11) is 4.68. The van der Waals surface area contributed by atoms with Gasteiger partial charge in [-0.3, -0.25) is 0 Å². The maximum absolute atomic E-state index is 3.26. The van der Waals surface area contributed by atoms with Crippen LogP contribution in [0.5, 0.6) is 0 Å². The third-order valence-corrected chi connectivity index (χ3v) is 2.82. The van der Waals surface area contributed by atoms with Gasteiger partial charge in [-0.25, -0.2) is 0 Å². The number of H-pyrrole nitrogens is 1. The zero-order valence-corrected chi connectivity index (χ0v) is 8.96. The van der Waals surface area contributed by atoms with Crippen LogP contribution in [0.25, 0.3) is 10.9 Å². The SMILES string of the molecule is CNc1c(C)ccc2c(P)c[nH]c12. The Kier molecular flexibility index (Phi) is 2.01. The third-order valence-electron chi connectivity index (χ3n) is 2.35. The predicted molar refractivity (Wildman–Crippen MR) is 61.9 cm³/mol. The number of benzene rings is 1. The van der Waals surface area contributed by atoms with E-state index in [2.05, 4.69) is 38.6 Å². The number of aromatic nitrogens is 1. The number of hydrogen-bond acceptors (Lipinski definition) is 1.